The molecule has 1 rings (SSSR count). The van der Waals surface area contributed by atoms with Gasteiger partial charge >= 0.3 is 0 Å². The van der Waals surface area contributed by atoms with Crippen molar-refractivity contribution in [1.29, 1.82) is 0 Å². The Hall–Kier alpha value is -1.62. The zero-order chi connectivity index (χ0) is 12.0. The fraction of sp³-hybridized carbons (Fsp3) is 0.455. The molecule has 88 valence electrons. The van der Waals surface area contributed by atoms with E-state index in [2.05, 4.69) is 22.2 Å². The predicted molar refractivity (Wildman–Crippen MR) is 60.9 cm³/mol. The second-order valence-electron chi connectivity index (χ2n) is 3.52. The molecule has 0 bridgehead atoms. The summed E-state index contributed by atoms with van der Waals surface area (Å²) in [4.78, 5) is 15.5. The number of hydrogen-bond acceptors (Lipinski definition) is 4. The van der Waals surface area contributed by atoms with Crippen LogP contribution in [0.5, 0.6) is 0 Å². The molecule has 0 spiro atoms. The van der Waals surface area contributed by atoms with E-state index >= 15 is 0 Å². The van der Waals surface area contributed by atoms with Gasteiger partial charge in [-0.15, -0.1) is 6.58 Å². The van der Waals surface area contributed by atoms with Crippen molar-refractivity contribution >= 4 is 5.91 Å². The van der Waals surface area contributed by atoms with Gasteiger partial charge in [0.25, 0.3) is 0 Å². The molecule has 1 aromatic heterocycles. The molecular weight excluding hydrogens is 206 g/mol. The molecule has 1 heterocycles. The number of hydrogen-bond donors (Lipinski definition) is 2. The van der Waals surface area contributed by atoms with Gasteiger partial charge in [-0.05, 0) is 13.8 Å². The highest BCUT2D eigenvalue weighted by Crippen LogP contribution is 2.11. The lowest BCUT2D eigenvalue weighted by Crippen LogP contribution is -2.35. The third-order valence-corrected chi connectivity index (χ3v) is 1.96. The highest BCUT2D eigenvalue weighted by Gasteiger charge is 2.13. The number of amides is 1. The Kier molecular flexibility index (Phi) is 4.72. The van der Waals surface area contributed by atoms with Crippen LogP contribution in [-0.4, -0.2) is 24.0 Å². The summed E-state index contributed by atoms with van der Waals surface area (Å²) in [5.41, 5.74) is 0. The van der Waals surface area contributed by atoms with Crippen LogP contribution in [0.2, 0.25) is 0 Å². The average molecular weight is 223 g/mol. The van der Waals surface area contributed by atoms with E-state index in [-0.39, 0.29) is 18.5 Å². The molecule has 1 aromatic rings. The first-order chi connectivity index (χ1) is 7.63. The summed E-state index contributed by atoms with van der Waals surface area (Å²) in [6, 6.07) is -0.216. The van der Waals surface area contributed by atoms with Crippen molar-refractivity contribution in [3.8, 4) is 0 Å². The maximum atomic E-state index is 11.4. The highest BCUT2D eigenvalue weighted by molar-refractivity contribution is 5.78. The van der Waals surface area contributed by atoms with Gasteiger partial charge in [-0.25, -0.2) is 4.98 Å². The monoisotopic (exact) mass is 223 g/mol. The summed E-state index contributed by atoms with van der Waals surface area (Å²) in [7, 11) is 0. The lowest BCUT2D eigenvalue weighted by atomic mass is 10.3. The van der Waals surface area contributed by atoms with Crippen LogP contribution in [0.15, 0.2) is 23.3 Å². The van der Waals surface area contributed by atoms with Crippen LogP contribution in [0.4, 0.5) is 0 Å². The van der Waals surface area contributed by atoms with Crippen LogP contribution in [0.1, 0.15) is 24.6 Å². The number of nitrogens with zero attached hydrogens (tertiary/aromatic N) is 1. The minimum absolute atomic E-state index is 0.0924. The first-order valence-corrected chi connectivity index (χ1v) is 5.16. The Morgan fingerprint density at radius 1 is 1.75 bits per heavy atom. The molecule has 5 heteroatoms. The standard InChI is InChI=1S/C11H17N3O2/c1-4-5-12-7-10(15)14-9(3)11-13-6-8(2)16-11/h4,6,9,12H,1,5,7H2,2-3H3,(H,14,15). The van der Waals surface area contributed by atoms with Gasteiger partial charge < -0.3 is 15.1 Å². The third kappa shape index (κ3) is 3.86. The van der Waals surface area contributed by atoms with Crippen molar-refractivity contribution in [1.82, 2.24) is 15.6 Å². The van der Waals surface area contributed by atoms with E-state index in [9.17, 15) is 4.79 Å². The number of carbonyl (C=O) groups is 1. The molecule has 0 aromatic carbocycles. The summed E-state index contributed by atoms with van der Waals surface area (Å²) in [5, 5.41) is 5.69. The van der Waals surface area contributed by atoms with Crippen LogP contribution < -0.4 is 10.6 Å². The van der Waals surface area contributed by atoms with E-state index in [1.807, 2.05) is 13.8 Å². The van der Waals surface area contributed by atoms with Crippen LogP contribution in [0.25, 0.3) is 0 Å². The molecule has 1 amide bonds. The molecule has 1 unspecified atom stereocenters. The fourth-order valence-electron chi connectivity index (χ4n) is 1.21. The highest BCUT2D eigenvalue weighted by atomic mass is 16.4. The Morgan fingerprint density at radius 3 is 3.06 bits per heavy atom. The van der Waals surface area contributed by atoms with Crippen molar-refractivity contribution < 1.29 is 9.21 Å². The Balaban J connectivity index is 2.36. The molecule has 5 nitrogen and oxygen atoms in total. The van der Waals surface area contributed by atoms with Gasteiger partial charge in [0.05, 0.1) is 12.7 Å². The quantitative estimate of drug-likeness (QED) is 0.556. The van der Waals surface area contributed by atoms with E-state index < -0.39 is 0 Å². The Labute approximate surface area is 94.9 Å². The molecule has 0 radical (unpaired) electrons. The predicted octanol–water partition coefficient (Wildman–Crippen LogP) is 0.936. The lowest BCUT2D eigenvalue weighted by molar-refractivity contribution is -0.121. The van der Waals surface area contributed by atoms with Crippen molar-refractivity contribution in [3.63, 3.8) is 0 Å². The maximum absolute atomic E-state index is 11.4. The molecule has 0 aliphatic heterocycles. The topological polar surface area (TPSA) is 67.2 Å². The largest absolute Gasteiger partial charge is 0.444 e. The Morgan fingerprint density at radius 2 is 2.50 bits per heavy atom. The second kappa shape index (κ2) is 6.07. The van der Waals surface area contributed by atoms with Gasteiger partial charge in [-0.2, -0.15) is 0 Å². The average Bonchev–Trinajstić information content (AvgIpc) is 2.65. The van der Waals surface area contributed by atoms with E-state index in [1.54, 1.807) is 12.3 Å². The first kappa shape index (κ1) is 12.4. The molecule has 16 heavy (non-hydrogen) atoms. The Bertz CT molecular complexity index is 360. The number of aromatic nitrogens is 1. The van der Waals surface area contributed by atoms with Crippen LogP contribution in [-0.2, 0) is 4.79 Å². The summed E-state index contributed by atoms with van der Waals surface area (Å²) < 4.78 is 5.31. The molecule has 0 aliphatic rings. The van der Waals surface area contributed by atoms with Gasteiger partial charge in [0.2, 0.25) is 11.8 Å². The number of carbonyl (C=O) groups excluding carboxylic acids is 1. The van der Waals surface area contributed by atoms with E-state index in [0.717, 1.165) is 5.76 Å². The summed E-state index contributed by atoms with van der Waals surface area (Å²) in [6.07, 6.45) is 3.34. The molecule has 1 atom stereocenters. The van der Waals surface area contributed by atoms with Crippen molar-refractivity contribution in [2.45, 2.75) is 19.9 Å². The van der Waals surface area contributed by atoms with Gasteiger partial charge in [0.1, 0.15) is 11.8 Å². The smallest absolute Gasteiger partial charge is 0.234 e. The van der Waals surface area contributed by atoms with Crippen LogP contribution >= 0.6 is 0 Å². The zero-order valence-electron chi connectivity index (χ0n) is 9.62. The molecule has 0 saturated heterocycles. The van der Waals surface area contributed by atoms with Crippen LogP contribution in [0.3, 0.4) is 0 Å². The summed E-state index contributed by atoms with van der Waals surface area (Å²) in [6.45, 7) is 8.07. The van der Waals surface area contributed by atoms with E-state index in [1.165, 1.54) is 0 Å². The number of rotatable bonds is 6. The van der Waals surface area contributed by atoms with Gasteiger partial charge in [0, 0.05) is 6.54 Å². The zero-order valence-corrected chi connectivity index (χ0v) is 9.62. The third-order valence-electron chi connectivity index (χ3n) is 1.96. The maximum Gasteiger partial charge on any atom is 0.234 e. The van der Waals surface area contributed by atoms with Crippen molar-refractivity contribution in [2.75, 3.05) is 13.1 Å². The normalized spacial score (nSPS) is 12.1. The molecule has 2 N–H and O–H groups in total. The second-order valence-corrected chi connectivity index (χ2v) is 3.52. The van der Waals surface area contributed by atoms with Crippen molar-refractivity contribution in [2.24, 2.45) is 0 Å². The van der Waals surface area contributed by atoms with Crippen molar-refractivity contribution in [3.05, 3.63) is 30.5 Å². The molecule has 0 saturated carbocycles. The van der Waals surface area contributed by atoms with Crippen LogP contribution in [0, 0.1) is 6.92 Å². The fourth-order valence-corrected chi connectivity index (χ4v) is 1.21. The number of aryl methyl sites for hydroxylation is 1. The lowest BCUT2D eigenvalue weighted by Gasteiger charge is -2.10. The minimum Gasteiger partial charge on any atom is -0.444 e. The van der Waals surface area contributed by atoms with Gasteiger partial charge in [-0.3, -0.25) is 4.79 Å². The van der Waals surface area contributed by atoms with E-state index in [4.69, 9.17) is 4.42 Å². The van der Waals surface area contributed by atoms with Gasteiger partial charge in [0.15, 0.2) is 0 Å². The number of nitrogens with one attached hydrogen (secondary N) is 2. The number of oxazole rings is 1. The molecule has 0 aliphatic carbocycles. The minimum atomic E-state index is -0.216. The summed E-state index contributed by atoms with van der Waals surface area (Å²) in [5.74, 6) is 1.17. The molecule has 0 fully saturated rings. The SMILES string of the molecule is C=CCNCC(=O)NC(C)c1ncc(C)o1. The van der Waals surface area contributed by atoms with Gasteiger partial charge in [-0.1, -0.05) is 6.08 Å². The van der Waals surface area contributed by atoms with E-state index in [0.29, 0.717) is 12.4 Å². The molecular formula is C11H17N3O2. The first-order valence-electron chi connectivity index (χ1n) is 5.16. The summed E-state index contributed by atoms with van der Waals surface area (Å²) >= 11 is 0.